The van der Waals surface area contributed by atoms with Gasteiger partial charge in [0.1, 0.15) is 0 Å². The Kier molecular flexibility index (Phi) is 13.1. The summed E-state index contributed by atoms with van der Waals surface area (Å²) >= 11 is 2.72. The standard InChI is InChI=1S/3C9H12FSi.C4H11O2PS2.Sn/c3*1-11(2,3)9-6-4-8(10)5-7-9;1-3-5-7(8,9)6-4-2;/h3*4-7H,1H2,2-3H3;3-4H2,1-2H3,(H,8,9);/q;;;;+1/p-1. The molecule has 43 heavy (non-hydrogen) atoms. The Morgan fingerprint density at radius 3 is 1.07 bits per heavy atom. The van der Waals surface area contributed by atoms with E-state index in [1.54, 1.807) is 36.4 Å². The molecule has 0 saturated heterocycles. The van der Waals surface area contributed by atoms with Crippen molar-refractivity contribution in [3.8, 4) is 0 Å². The summed E-state index contributed by atoms with van der Waals surface area (Å²) in [4.78, 5) is 0. The van der Waals surface area contributed by atoms with Crippen molar-refractivity contribution in [3.63, 3.8) is 0 Å². The number of hydrogen-bond acceptors (Lipinski definition) is 4. The molecular formula is C31H46F3O2PS2Si3Sn. The van der Waals surface area contributed by atoms with E-state index >= 15 is 0 Å². The van der Waals surface area contributed by atoms with E-state index < -0.39 is 46.9 Å². The molecule has 0 aliphatic rings. The molecule has 3 aromatic rings. The summed E-state index contributed by atoms with van der Waals surface area (Å²) in [5, 5.41) is 3.71. The van der Waals surface area contributed by atoms with Crippen LogP contribution in [0.2, 0.25) is 51.5 Å². The molecule has 0 atom stereocenters. The normalized spacial score (nSPS) is 13.4. The molecule has 0 aromatic heterocycles. The van der Waals surface area contributed by atoms with E-state index in [1.807, 2.05) is 58.8 Å². The molecule has 0 aliphatic heterocycles. The van der Waals surface area contributed by atoms with Gasteiger partial charge >= 0.3 is 274 Å². The van der Waals surface area contributed by atoms with Gasteiger partial charge in [0.15, 0.2) is 0 Å². The van der Waals surface area contributed by atoms with E-state index in [0.717, 1.165) is 12.2 Å². The van der Waals surface area contributed by atoms with E-state index in [9.17, 15) is 13.2 Å². The van der Waals surface area contributed by atoms with Crippen LogP contribution in [-0.4, -0.2) is 54.4 Å². The zero-order chi connectivity index (χ0) is 32.1. The van der Waals surface area contributed by atoms with Crippen LogP contribution in [0.15, 0.2) is 72.8 Å². The summed E-state index contributed by atoms with van der Waals surface area (Å²) in [6.07, 6.45) is 0. The van der Waals surface area contributed by atoms with Crippen molar-refractivity contribution in [1.29, 1.82) is 0 Å². The summed E-state index contributed by atoms with van der Waals surface area (Å²) < 4.78 is 58.0. The van der Waals surface area contributed by atoms with Gasteiger partial charge in [0.2, 0.25) is 0 Å². The monoisotopic (exact) mass is 806 g/mol. The number of halogens is 3. The Balaban J connectivity index is 2.26. The van der Waals surface area contributed by atoms with Crippen molar-refractivity contribution in [1.82, 2.24) is 0 Å². The van der Waals surface area contributed by atoms with Crippen LogP contribution in [0.4, 0.5) is 13.2 Å². The third kappa shape index (κ3) is 10.4. The first-order valence-electron chi connectivity index (χ1n) is 14.8. The van der Waals surface area contributed by atoms with Gasteiger partial charge in [0.05, 0.1) is 0 Å². The van der Waals surface area contributed by atoms with Gasteiger partial charge < -0.3 is 0 Å². The van der Waals surface area contributed by atoms with Gasteiger partial charge in [-0.1, -0.05) is 0 Å². The van der Waals surface area contributed by atoms with E-state index in [2.05, 4.69) is 39.3 Å². The molecule has 0 spiro atoms. The van der Waals surface area contributed by atoms with Gasteiger partial charge in [-0.25, -0.2) is 0 Å². The second-order valence-electron chi connectivity index (χ2n) is 13.3. The van der Waals surface area contributed by atoms with Crippen molar-refractivity contribution < 1.29 is 22.2 Å². The Morgan fingerprint density at radius 1 is 0.581 bits per heavy atom. The fraction of sp³-hybridized carbons (Fsp3) is 0.419. The summed E-state index contributed by atoms with van der Waals surface area (Å²) in [6.45, 7) is 19.3. The van der Waals surface area contributed by atoms with Crippen LogP contribution < -0.4 is 15.6 Å². The quantitative estimate of drug-likeness (QED) is 0.113. The molecule has 0 fully saturated rings. The minimum absolute atomic E-state index is 0.226. The van der Waals surface area contributed by atoms with Crippen molar-refractivity contribution in [2.75, 3.05) is 13.2 Å². The summed E-state index contributed by atoms with van der Waals surface area (Å²) in [5.74, 6) is -0.679. The first-order chi connectivity index (χ1) is 19.9. The second-order valence-corrected chi connectivity index (χ2v) is 59.4. The number of hydrogen-bond donors (Lipinski definition) is 0. The molecule has 2 nitrogen and oxygen atoms in total. The first kappa shape index (κ1) is 37.3. The maximum absolute atomic E-state index is 14.0. The Hall–Kier alpha value is -0.181. The Morgan fingerprint density at radius 2 is 0.837 bits per heavy atom. The van der Waals surface area contributed by atoms with Crippen LogP contribution >= 0.6 is 14.3 Å². The van der Waals surface area contributed by atoms with Crippen molar-refractivity contribution in [3.05, 3.63) is 90.2 Å². The van der Waals surface area contributed by atoms with Gasteiger partial charge in [-0.2, -0.15) is 0 Å². The van der Waals surface area contributed by atoms with Crippen molar-refractivity contribution >= 4 is 82.8 Å². The maximum atomic E-state index is 14.0. The second kappa shape index (κ2) is 15.1. The Labute approximate surface area is 271 Å². The molecule has 3 rings (SSSR count). The molecule has 0 saturated carbocycles. The fourth-order valence-electron chi connectivity index (χ4n) is 6.35. The number of benzene rings is 3. The molecule has 0 amide bonds. The van der Waals surface area contributed by atoms with Crippen LogP contribution in [-0.2, 0) is 20.9 Å². The molecule has 0 aliphatic carbocycles. The van der Waals surface area contributed by atoms with E-state index in [4.69, 9.17) is 20.9 Å². The third-order valence-corrected chi connectivity index (χ3v) is 91.3. The molecule has 0 heterocycles. The topological polar surface area (TPSA) is 18.5 Å². The van der Waals surface area contributed by atoms with Crippen LogP contribution in [0.3, 0.4) is 0 Å². The summed E-state index contributed by atoms with van der Waals surface area (Å²) in [6, 6.07) is 21.3. The van der Waals surface area contributed by atoms with Gasteiger partial charge in [0, 0.05) is 0 Å². The van der Waals surface area contributed by atoms with Gasteiger partial charge in [0.25, 0.3) is 0 Å². The van der Waals surface area contributed by atoms with Crippen LogP contribution in [0.5, 0.6) is 0 Å². The van der Waals surface area contributed by atoms with E-state index in [1.165, 1.54) is 15.6 Å². The zero-order valence-electron chi connectivity index (χ0n) is 26.7. The predicted octanol–water partition coefficient (Wildman–Crippen LogP) is 8.84. The van der Waals surface area contributed by atoms with Crippen LogP contribution in [0.1, 0.15) is 13.8 Å². The van der Waals surface area contributed by atoms with Crippen LogP contribution in [0.25, 0.3) is 0 Å². The molecule has 0 N–H and O–H groups in total. The molecule has 0 radical (unpaired) electrons. The fourth-order valence-corrected chi connectivity index (χ4v) is 141. The SMILES string of the molecule is CCOP(=S)(OCC)[S][Sn]([CH2][Si](C)(C)c1ccc(F)cc1)([CH2][Si](C)(C)c1ccc(F)cc1)[CH2][Si](C)(C)c1ccc(F)cc1. The first-order valence-corrected chi connectivity index (χ1v) is 38.1. The van der Waals surface area contributed by atoms with Gasteiger partial charge in [-0.15, -0.1) is 0 Å². The summed E-state index contributed by atoms with van der Waals surface area (Å²) in [5.41, 5.74) is -2.67. The average Bonchev–Trinajstić information content (AvgIpc) is 2.88. The van der Waals surface area contributed by atoms with Crippen molar-refractivity contribution in [2.24, 2.45) is 0 Å². The molecular weight excluding hydrogens is 759 g/mol. The minimum atomic E-state index is -3.58. The third-order valence-electron chi connectivity index (χ3n) is 8.05. The molecule has 3 aromatic carbocycles. The van der Waals surface area contributed by atoms with Crippen molar-refractivity contribution in [2.45, 2.75) is 65.3 Å². The van der Waals surface area contributed by atoms with Gasteiger partial charge in [-0.05, 0) is 0 Å². The predicted molar refractivity (Wildman–Crippen MR) is 196 cm³/mol. The molecule has 236 valence electrons. The van der Waals surface area contributed by atoms with Gasteiger partial charge in [-0.3, -0.25) is 0 Å². The Bertz CT molecular complexity index is 1240. The summed E-state index contributed by atoms with van der Waals surface area (Å²) in [7, 11) is -4.40. The number of rotatable bonds is 15. The molecule has 0 bridgehead atoms. The zero-order valence-corrected chi connectivity index (χ0v) is 35.1. The van der Waals surface area contributed by atoms with E-state index in [-0.39, 0.29) is 17.5 Å². The molecule has 12 heteroatoms. The molecule has 0 unspecified atom stereocenters. The average molecular weight is 806 g/mol. The van der Waals surface area contributed by atoms with E-state index in [0.29, 0.717) is 13.2 Å². The van der Waals surface area contributed by atoms with Crippen LogP contribution in [0, 0.1) is 17.5 Å².